The predicted molar refractivity (Wildman–Crippen MR) is 126 cm³/mol. The van der Waals surface area contributed by atoms with Crippen LogP contribution in [0.15, 0.2) is 29.1 Å². The number of aromatic nitrogens is 1. The van der Waals surface area contributed by atoms with Gasteiger partial charge in [0.05, 0.1) is 25.5 Å². The van der Waals surface area contributed by atoms with Gasteiger partial charge < -0.3 is 23.7 Å². The highest BCUT2D eigenvalue weighted by Gasteiger charge is 2.26. The Hall–Kier alpha value is -2.31. The zero-order valence-corrected chi connectivity index (χ0v) is 19.4. The second-order valence-corrected chi connectivity index (χ2v) is 9.79. The lowest BCUT2D eigenvalue weighted by Crippen LogP contribution is -2.38. The van der Waals surface area contributed by atoms with E-state index in [1.165, 1.54) is 17.7 Å². The highest BCUT2D eigenvalue weighted by atomic mass is 16.6. The largest absolute Gasteiger partial charge is 0.476 e. The molecule has 1 aromatic heterocycles. The van der Waals surface area contributed by atoms with Crippen molar-refractivity contribution in [3.05, 3.63) is 45.6 Å². The Labute approximate surface area is 190 Å². The molecule has 1 aromatic carbocycles. The summed E-state index contributed by atoms with van der Waals surface area (Å²) in [6, 6.07) is 8.39. The Morgan fingerprint density at radius 2 is 1.94 bits per heavy atom. The van der Waals surface area contributed by atoms with E-state index in [1.807, 2.05) is 6.92 Å². The minimum absolute atomic E-state index is 0.0164. The molecule has 5 rings (SSSR count). The lowest BCUT2D eigenvalue weighted by atomic mass is 9.90. The zero-order valence-electron chi connectivity index (χ0n) is 19.4. The molecule has 0 saturated carbocycles. The molecular formula is C26H34N2O4. The third-order valence-electron chi connectivity index (χ3n) is 7.00. The molecule has 172 valence electrons. The quantitative estimate of drug-likeness (QED) is 0.729. The lowest BCUT2D eigenvalue weighted by Gasteiger charge is -2.37. The maximum atomic E-state index is 12.8. The van der Waals surface area contributed by atoms with Crippen molar-refractivity contribution in [2.45, 2.75) is 46.3 Å². The van der Waals surface area contributed by atoms with Crippen molar-refractivity contribution >= 4 is 5.69 Å². The van der Waals surface area contributed by atoms with Crippen LogP contribution in [0.1, 0.15) is 31.4 Å². The maximum Gasteiger partial charge on any atom is 0.197 e. The molecule has 4 heterocycles. The van der Waals surface area contributed by atoms with E-state index in [-0.39, 0.29) is 11.5 Å². The van der Waals surface area contributed by atoms with Crippen LogP contribution in [-0.2, 0) is 22.4 Å². The number of benzene rings is 1. The van der Waals surface area contributed by atoms with Gasteiger partial charge in [-0.05, 0) is 49.3 Å². The molecule has 0 aliphatic carbocycles. The minimum Gasteiger partial charge on any atom is -0.476 e. The summed E-state index contributed by atoms with van der Waals surface area (Å²) in [5, 5.41) is 0. The van der Waals surface area contributed by atoms with Crippen molar-refractivity contribution in [1.29, 1.82) is 0 Å². The van der Waals surface area contributed by atoms with Gasteiger partial charge in [0.25, 0.3) is 0 Å². The number of aryl methyl sites for hydroxylation is 1. The van der Waals surface area contributed by atoms with Crippen LogP contribution in [0.4, 0.5) is 5.69 Å². The fourth-order valence-corrected chi connectivity index (χ4v) is 5.55. The molecule has 2 unspecified atom stereocenters. The molecule has 0 radical (unpaired) electrons. The Morgan fingerprint density at radius 1 is 1.12 bits per heavy atom. The lowest BCUT2D eigenvalue weighted by molar-refractivity contribution is -0.102. The van der Waals surface area contributed by atoms with Crippen LogP contribution < -0.4 is 15.1 Å². The van der Waals surface area contributed by atoms with Crippen LogP contribution in [0.5, 0.6) is 5.88 Å². The summed E-state index contributed by atoms with van der Waals surface area (Å²) in [6.07, 6.45) is 2.14. The molecular weight excluding hydrogens is 404 g/mol. The molecule has 32 heavy (non-hydrogen) atoms. The number of ether oxygens (including phenoxy) is 3. The number of nitrogens with zero attached hydrogens (tertiary/aromatic N) is 2. The van der Waals surface area contributed by atoms with Gasteiger partial charge in [-0.15, -0.1) is 0 Å². The smallest absolute Gasteiger partial charge is 0.197 e. The molecule has 2 aromatic rings. The van der Waals surface area contributed by atoms with Crippen LogP contribution in [-0.4, -0.2) is 50.2 Å². The summed E-state index contributed by atoms with van der Waals surface area (Å²) in [4.78, 5) is 15.3. The second-order valence-electron chi connectivity index (χ2n) is 9.79. The van der Waals surface area contributed by atoms with Crippen molar-refractivity contribution in [2.24, 2.45) is 11.8 Å². The van der Waals surface area contributed by atoms with Crippen molar-refractivity contribution in [1.82, 2.24) is 4.57 Å². The molecule has 2 saturated heterocycles. The van der Waals surface area contributed by atoms with Crippen molar-refractivity contribution in [3.8, 4) is 17.1 Å². The summed E-state index contributed by atoms with van der Waals surface area (Å²) >= 11 is 0. The number of hydrogen-bond donors (Lipinski definition) is 0. The van der Waals surface area contributed by atoms with Gasteiger partial charge in [0.1, 0.15) is 12.7 Å². The Morgan fingerprint density at radius 3 is 2.69 bits per heavy atom. The van der Waals surface area contributed by atoms with Crippen molar-refractivity contribution in [2.75, 3.05) is 44.4 Å². The summed E-state index contributed by atoms with van der Waals surface area (Å²) in [5.41, 5.74) is 5.55. The molecule has 0 amide bonds. The topological polar surface area (TPSA) is 52.9 Å². The van der Waals surface area contributed by atoms with Gasteiger partial charge in [-0.1, -0.05) is 19.9 Å². The molecule has 3 aliphatic rings. The van der Waals surface area contributed by atoms with Crippen LogP contribution in [0.25, 0.3) is 11.3 Å². The van der Waals surface area contributed by atoms with E-state index in [0.29, 0.717) is 32.3 Å². The zero-order chi connectivity index (χ0) is 22.2. The first-order valence-corrected chi connectivity index (χ1v) is 11.9. The van der Waals surface area contributed by atoms with Crippen molar-refractivity contribution in [3.63, 3.8) is 0 Å². The van der Waals surface area contributed by atoms with Crippen molar-refractivity contribution < 1.29 is 14.2 Å². The van der Waals surface area contributed by atoms with Crippen LogP contribution in [0.3, 0.4) is 0 Å². The van der Waals surface area contributed by atoms with Crippen LogP contribution >= 0.6 is 0 Å². The molecule has 3 aliphatic heterocycles. The summed E-state index contributed by atoms with van der Waals surface area (Å²) in [6.45, 7) is 11.8. The van der Waals surface area contributed by atoms with E-state index in [0.717, 1.165) is 54.7 Å². The average Bonchev–Trinajstić information content (AvgIpc) is 2.79. The fraction of sp³-hybridized carbons (Fsp3) is 0.577. The van der Waals surface area contributed by atoms with Gasteiger partial charge in [-0.3, -0.25) is 4.79 Å². The summed E-state index contributed by atoms with van der Waals surface area (Å²) in [5.74, 6) is 2.06. The maximum absolute atomic E-state index is 12.8. The normalized spacial score (nSPS) is 25.2. The highest BCUT2D eigenvalue weighted by Crippen LogP contribution is 2.37. The van der Waals surface area contributed by atoms with E-state index in [9.17, 15) is 4.79 Å². The summed E-state index contributed by atoms with van der Waals surface area (Å²) in [7, 11) is 0. The van der Waals surface area contributed by atoms with Crippen LogP contribution in [0.2, 0.25) is 0 Å². The molecule has 3 atom stereocenters. The average molecular weight is 439 g/mol. The number of piperidine rings is 1. The second kappa shape index (κ2) is 8.91. The Bertz CT molecular complexity index is 1030. The fourth-order valence-electron chi connectivity index (χ4n) is 5.55. The van der Waals surface area contributed by atoms with E-state index < -0.39 is 0 Å². The van der Waals surface area contributed by atoms with Gasteiger partial charge in [-0.25, -0.2) is 0 Å². The number of anilines is 1. The predicted octanol–water partition coefficient (Wildman–Crippen LogP) is 3.66. The number of pyridine rings is 1. The molecule has 6 heteroatoms. The Balaban J connectivity index is 1.45. The highest BCUT2D eigenvalue weighted by molar-refractivity contribution is 5.72. The Kier molecular flexibility index (Phi) is 5.99. The minimum atomic E-state index is -0.0934. The molecule has 0 N–H and O–H groups in total. The summed E-state index contributed by atoms with van der Waals surface area (Å²) < 4.78 is 19.4. The first-order valence-electron chi connectivity index (χ1n) is 11.9. The molecule has 2 fully saturated rings. The third-order valence-corrected chi connectivity index (χ3v) is 7.00. The van der Waals surface area contributed by atoms with Gasteiger partial charge in [0.15, 0.2) is 11.3 Å². The molecule has 6 nitrogen and oxygen atoms in total. The third kappa shape index (κ3) is 4.18. The van der Waals surface area contributed by atoms with E-state index >= 15 is 0 Å². The van der Waals surface area contributed by atoms with E-state index in [1.54, 1.807) is 6.07 Å². The van der Waals surface area contributed by atoms with Gasteiger partial charge in [0, 0.05) is 42.5 Å². The number of fused-ring (bicyclic) bond motifs is 3. The monoisotopic (exact) mass is 438 g/mol. The van der Waals surface area contributed by atoms with Gasteiger partial charge in [-0.2, -0.15) is 0 Å². The number of hydrogen-bond acceptors (Lipinski definition) is 5. The van der Waals surface area contributed by atoms with Gasteiger partial charge >= 0.3 is 0 Å². The molecule has 0 bridgehead atoms. The first-order chi connectivity index (χ1) is 15.5. The first kappa shape index (κ1) is 21.5. The SMILES string of the molecule is Cc1c2n(c(OC[C@@H]3COCCO3)cc1=O)CCc1cc(N3CC(C)CC(C)C3)ccc1-2. The molecule has 0 spiro atoms. The standard InChI is InChI=1S/C26H34N2O4/c1-17-10-18(2)14-27(13-17)21-4-5-23-20(11-21)6-7-28-25(12-24(29)19(3)26(23)28)32-16-22-15-30-8-9-31-22/h4-5,11-12,17-18,22H,6-10,13-16H2,1-3H3/t17?,18?,22-/m0/s1. The van der Waals surface area contributed by atoms with E-state index in [2.05, 4.69) is 41.5 Å². The van der Waals surface area contributed by atoms with E-state index in [4.69, 9.17) is 14.2 Å². The number of rotatable bonds is 4. The van der Waals surface area contributed by atoms with Gasteiger partial charge in [0.2, 0.25) is 0 Å². The van der Waals surface area contributed by atoms with Crippen LogP contribution in [0, 0.1) is 18.8 Å².